The Bertz CT molecular complexity index is 165. The molecule has 0 fully saturated rings. The average Bonchev–Trinajstić information content (AvgIpc) is 2.31. The molecule has 0 rings (SSSR count). The van der Waals surface area contributed by atoms with Gasteiger partial charge in [-0.3, -0.25) is 10.0 Å². The summed E-state index contributed by atoms with van der Waals surface area (Å²) in [4.78, 5) is 10.7. The van der Waals surface area contributed by atoms with Crippen molar-refractivity contribution in [2.24, 2.45) is 0 Å². The van der Waals surface area contributed by atoms with E-state index >= 15 is 0 Å². The van der Waals surface area contributed by atoms with Crippen LogP contribution in [0.1, 0.15) is 64.2 Å². The molecule has 0 saturated carbocycles. The van der Waals surface area contributed by atoms with E-state index in [4.69, 9.17) is 5.21 Å². The molecule has 0 aromatic heterocycles. The first-order valence-corrected chi connectivity index (χ1v) is 6.98. The van der Waals surface area contributed by atoms with Crippen molar-refractivity contribution in [3.05, 3.63) is 0 Å². The van der Waals surface area contributed by atoms with Crippen LogP contribution in [0.25, 0.3) is 0 Å². The number of hydroxylamine groups is 1. The minimum absolute atomic E-state index is 0.272. The van der Waals surface area contributed by atoms with E-state index in [0.717, 1.165) is 18.6 Å². The van der Waals surface area contributed by atoms with E-state index in [2.05, 4.69) is 12.6 Å². The van der Waals surface area contributed by atoms with Crippen LogP contribution >= 0.6 is 12.6 Å². The fourth-order valence-corrected chi connectivity index (χ4v) is 1.91. The summed E-state index contributed by atoms with van der Waals surface area (Å²) in [5.41, 5.74) is 1.65. The summed E-state index contributed by atoms with van der Waals surface area (Å²) < 4.78 is 0. The van der Waals surface area contributed by atoms with Crippen LogP contribution < -0.4 is 5.48 Å². The maximum atomic E-state index is 10.7. The molecule has 16 heavy (non-hydrogen) atoms. The van der Waals surface area contributed by atoms with Crippen molar-refractivity contribution in [1.29, 1.82) is 0 Å². The fraction of sp³-hybridized carbons (Fsp3) is 0.917. The summed E-state index contributed by atoms with van der Waals surface area (Å²) in [6.45, 7) is 0. The zero-order valence-electron chi connectivity index (χ0n) is 10.1. The molecular formula is C12H25NO2S. The number of carbonyl (C=O) groups excluding carboxylic acids is 1. The zero-order valence-corrected chi connectivity index (χ0v) is 11.0. The van der Waals surface area contributed by atoms with Gasteiger partial charge < -0.3 is 0 Å². The van der Waals surface area contributed by atoms with E-state index in [1.54, 1.807) is 5.48 Å². The van der Waals surface area contributed by atoms with Crippen LogP contribution in [-0.4, -0.2) is 16.9 Å². The summed E-state index contributed by atoms with van der Waals surface area (Å²) in [5, 5.41) is 8.27. The molecule has 0 heterocycles. The quantitative estimate of drug-likeness (QED) is 0.227. The summed E-state index contributed by atoms with van der Waals surface area (Å²) in [5.74, 6) is 0.735. The predicted octanol–water partition coefficient (Wildman–Crippen LogP) is 3.32. The SMILES string of the molecule is O=C(CCCCCCCCCCCS)NO. The smallest absolute Gasteiger partial charge is 0.243 e. The molecule has 0 aromatic rings. The third-order valence-electron chi connectivity index (χ3n) is 2.69. The molecule has 0 aromatic carbocycles. The number of hydrogen-bond acceptors (Lipinski definition) is 3. The van der Waals surface area contributed by atoms with Gasteiger partial charge in [0.25, 0.3) is 0 Å². The maximum Gasteiger partial charge on any atom is 0.243 e. The van der Waals surface area contributed by atoms with E-state index in [9.17, 15) is 4.79 Å². The van der Waals surface area contributed by atoms with E-state index in [0.29, 0.717) is 6.42 Å². The van der Waals surface area contributed by atoms with Gasteiger partial charge in [0.05, 0.1) is 0 Å². The lowest BCUT2D eigenvalue weighted by Crippen LogP contribution is -2.17. The van der Waals surface area contributed by atoms with Gasteiger partial charge >= 0.3 is 0 Å². The minimum atomic E-state index is -0.272. The van der Waals surface area contributed by atoms with E-state index in [1.165, 1.54) is 44.9 Å². The molecule has 2 N–H and O–H groups in total. The highest BCUT2D eigenvalue weighted by molar-refractivity contribution is 7.80. The molecule has 0 aliphatic heterocycles. The van der Waals surface area contributed by atoms with Crippen LogP contribution in [0.2, 0.25) is 0 Å². The highest BCUT2D eigenvalue weighted by atomic mass is 32.1. The lowest BCUT2D eigenvalue weighted by Gasteiger charge is -2.01. The summed E-state index contributed by atoms with van der Waals surface area (Å²) in [6, 6.07) is 0. The van der Waals surface area contributed by atoms with Crippen molar-refractivity contribution < 1.29 is 10.0 Å². The van der Waals surface area contributed by atoms with Crippen molar-refractivity contribution in [2.45, 2.75) is 64.2 Å². The number of thiol groups is 1. The van der Waals surface area contributed by atoms with Gasteiger partial charge in [0, 0.05) is 6.42 Å². The monoisotopic (exact) mass is 247 g/mol. The van der Waals surface area contributed by atoms with Gasteiger partial charge in [-0.1, -0.05) is 44.9 Å². The Morgan fingerprint density at radius 2 is 1.31 bits per heavy atom. The van der Waals surface area contributed by atoms with Gasteiger partial charge in [-0.15, -0.1) is 0 Å². The van der Waals surface area contributed by atoms with Crippen LogP contribution in [-0.2, 0) is 4.79 Å². The average molecular weight is 247 g/mol. The van der Waals surface area contributed by atoms with E-state index < -0.39 is 0 Å². The predicted molar refractivity (Wildman–Crippen MR) is 70.0 cm³/mol. The number of rotatable bonds is 11. The van der Waals surface area contributed by atoms with Crippen LogP contribution in [0.15, 0.2) is 0 Å². The van der Waals surface area contributed by atoms with Gasteiger partial charge in [-0.2, -0.15) is 12.6 Å². The summed E-state index contributed by atoms with van der Waals surface area (Å²) in [7, 11) is 0. The third-order valence-corrected chi connectivity index (χ3v) is 3.00. The normalized spacial score (nSPS) is 10.4. The lowest BCUT2D eigenvalue weighted by atomic mass is 10.1. The van der Waals surface area contributed by atoms with Gasteiger partial charge in [0.2, 0.25) is 5.91 Å². The van der Waals surface area contributed by atoms with Crippen LogP contribution in [0.5, 0.6) is 0 Å². The Labute approximate surface area is 104 Å². The molecule has 1 amide bonds. The first-order chi connectivity index (χ1) is 7.81. The van der Waals surface area contributed by atoms with Crippen molar-refractivity contribution in [3.8, 4) is 0 Å². The number of nitrogens with one attached hydrogen (secondary N) is 1. The molecule has 0 bridgehead atoms. The Hall–Kier alpha value is -0.220. The van der Waals surface area contributed by atoms with Crippen molar-refractivity contribution in [2.75, 3.05) is 5.75 Å². The number of hydrogen-bond donors (Lipinski definition) is 3. The second-order valence-electron chi connectivity index (χ2n) is 4.19. The minimum Gasteiger partial charge on any atom is -0.289 e. The molecule has 0 atom stereocenters. The van der Waals surface area contributed by atoms with Crippen molar-refractivity contribution in [3.63, 3.8) is 0 Å². The molecule has 0 spiro atoms. The van der Waals surface area contributed by atoms with Gasteiger partial charge in [-0.25, -0.2) is 5.48 Å². The van der Waals surface area contributed by atoms with Gasteiger partial charge in [0.15, 0.2) is 0 Å². The molecule has 0 radical (unpaired) electrons. The van der Waals surface area contributed by atoms with E-state index in [-0.39, 0.29) is 5.91 Å². The van der Waals surface area contributed by atoms with Crippen LogP contribution in [0, 0.1) is 0 Å². The van der Waals surface area contributed by atoms with Crippen LogP contribution in [0.4, 0.5) is 0 Å². The molecular weight excluding hydrogens is 222 g/mol. The van der Waals surface area contributed by atoms with Crippen molar-refractivity contribution >= 4 is 18.5 Å². The number of carbonyl (C=O) groups is 1. The Morgan fingerprint density at radius 3 is 1.75 bits per heavy atom. The zero-order chi connectivity index (χ0) is 12.1. The Kier molecular flexibility index (Phi) is 12.7. The molecule has 0 aliphatic carbocycles. The highest BCUT2D eigenvalue weighted by Gasteiger charge is 1.98. The lowest BCUT2D eigenvalue weighted by molar-refractivity contribution is -0.129. The second-order valence-corrected chi connectivity index (χ2v) is 4.64. The van der Waals surface area contributed by atoms with Crippen molar-refractivity contribution in [1.82, 2.24) is 5.48 Å². The van der Waals surface area contributed by atoms with Gasteiger partial charge in [-0.05, 0) is 18.6 Å². The molecule has 3 nitrogen and oxygen atoms in total. The topological polar surface area (TPSA) is 49.3 Å². The molecule has 0 unspecified atom stereocenters. The van der Waals surface area contributed by atoms with Crippen LogP contribution in [0.3, 0.4) is 0 Å². The molecule has 4 heteroatoms. The molecule has 96 valence electrons. The maximum absolute atomic E-state index is 10.7. The standard InChI is InChI=1S/C12H25NO2S/c14-12(13-15)10-8-6-4-2-1-3-5-7-9-11-16/h15-16H,1-11H2,(H,13,14). The second kappa shape index (κ2) is 12.8. The van der Waals surface area contributed by atoms with E-state index in [1.807, 2.05) is 0 Å². The first-order valence-electron chi connectivity index (χ1n) is 6.35. The number of amides is 1. The third kappa shape index (κ3) is 11.9. The Morgan fingerprint density at radius 1 is 0.875 bits per heavy atom. The summed E-state index contributed by atoms with van der Waals surface area (Å²) >= 11 is 4.18. The fourth-order valence-electron chi connectivity index (χ4n) is 1.69. The molecule has 0 aliphatic rings. The summed E-state index contributed by atoms with van der Waals surface area (Å²) in [6.07, 6.45) is 11.4. The largest absolute Gasteiger partial charge is 0.289 e. The first kappa shape index (κ1) is 15.8. The van der Waals surface area contributed by atoms with Gasteiger partial charge in [0.1, 0.15) is 0 Å². The Balaban J connectivity index is 2.96. The number of unbranched alkanes of at least 4 members (excludes halogenated alkanes) is 8. The highest BCUT2D eigenvalue weighted by Crippen LogP contribution is 2.10. The molecule has 0 saturated heterocycles.